The predicted octanol–water partition coefficient (Wildman–Crippen LogP) is 11.3. The Hall–Kier alpha value is -4.13. The molecule has 2 aliphatic rings. The van der Waals surface area contributed by atoms with Crippen molar-refractivity contribution in [1.29, 1.82) is 0 Å². The molecule has 0 aromatic rings. The van der Waals surface area contributed by atoms with E-state index in [9.17, 15) is 45.6 Å². The van der Waals surface area contributed by atoms with E-state index in [4.69, 9.17) is 18.9 Å². The van der Waals surface area contributed by atoms with Gasteiger partial charge in [-0.25, -0.2) is 0 Å². The molecule has 2 rings (SSSR count). The van der Waals surface area contributed by atoms with Crippen LogP contribution in [0.4, 0.5) is 0 Å². The van der Waals surface area contributed by atoms with Gasteiger partial charge in [0.05, 0.1) is 32.0 Å². The molecule has 0 aromatic carbocycles. The minimum Gasteiger partial charge on any atom is -0.394 e. The maximum atomic E-state index is 13.2. The number of amides is 1. The highest BCUT2D eigenvalue weighted by Gasteiger charge is 2.51. The second-order valence-electron chi connectivity index (χ2n) is 21.1. The van der Waals surface area contributed by atoms with E-state index in [1.165, 1.54) is 57.8 Å². The maximum Gasteiger partial charge on any atom is 0.220 e. The lowest BCUT2D eigenvalue weighted by molar-refractivity contribution is -0.359. The monoisotopic (exact) mass is 1150 g/mol. The van der Waals surface area contributed by atoms with Crippen molar-refractivity contribution < 1.29 is 64.6 Å². The first-order valence-electron chi connectivity index (χ1n) is 31.1. The lowest BCUT2D eigenvalue weighted by Gasteiger charge is -2.46. The topological polar surface area (TPSA) is 228 Å². The quantitative estimate of drug-likeness (QED) is 0.0204. The van der Waals surface area contributed by atoms with Gasteiger partial charge in [-0.1, -0.05) is 211 Å². The molecule has 2 saturated heterocycles. The molecule has 2 fully saturated rings. The summed E-state index contributed by atoms with van der Waals surface area (Å²) in [6, 6.07) is -0.966. The van der Waals surface area contributed by atoms with Crippen LogP contribution >= 0.6 is 0 Å². The van der Waals surface area contributed by atoms with Crippen molar-refractivity contribution in [2.75, 3.05) is 19.8 Å². The van der Waals surface area contributed by atoms with E-state index in [1.807, 2.05) is 6.08 Å². The number of nitrogens with one attached hydrogen (secondary N) is 1. The van der Waals surface area contributed by atoms with Crippen molar-refractivity contribution in [2.24, 2.45) is 0 Å². The minimum atomic E-state index is -1.80. The number of carbonyl (C=O) groups excluding carboxylic acids is 1. The highest BCUT2D eigenvalue weighted by molar-refractivity contribution is 5.76. The van der Waals surface area contributed by atoms with Gasteiger partial charge >= 0.3 is 0 Å². The Bertz CT molecular complexity index is 1930. The van der Waals surface area contributed by atoms with Gasteiger partial charge in [0.2, 0.25) is 5.91 Å². The molecule has 2 heterocycles. The molecule has 82 heavy (non-hydrogen) atoms. The summed E-state index contributed by atoms with van der Waals surface area (Å²) in [5, 5.41) is 87.0. The first kappa shape index (κ1) is 74.0. The number of carbonyl (C=O) groups is 1. The van der Waals surface area contributed by atoms with E-state index < -0.39 is 86.8 Å². The summed E-state index contributed by atoms with van der Waals surface area (Å²) in [6.07, 6.45) is 60.3. The van der Waals surface area contributed by atoms with Crippen LogP contribution in [0.2, 0.25) is 0 Å². The normalized spacial score (nSPS) is 25.0. The molecule has 0 radical (unpaired) electrons. The summed E-state index contributed by atoms with van der Waals surface area (Å²) in [5.41, 5.74) is 0. The molecule has 14 nitrogen and oxygen atoms in total. The lowest BCUT2D eigenvalue weighted by Crippen LogP contribution is -2.65. The number of hydrogen-bond acceptors (Lipinski definition) is 13. The van der Waals surface area contributed by atoms with Gasteiger partial charge in [-0.05, 0) is 109 Å². The standard InChI is InChI=1S/C68H109NO13/c1-3-5-7-9-11-13-15-17-19-20-21-22-23-24-25-26-27-28-29-30-31-32-33-34-35-36-38-40-42-44-46-48-50-52-60(73)69-56(57(72)51-49-47-45-43-41-39-37-18-16-14-12-10-8-6-4-2)55-79-67-65(78)63(76)66(59(54-71)81-67)82-68-64(77)62(75)61(74)58(53-70)80-68/h5,7,11,13,17,19,21-22,24-25,27-28,30-31,33-34,36,38,41-44,49,51,56-59,61-68,70-72,74-78H,3-4,6,8-10,12,14-16,18,20,23,26,29,32,35,37,39-40,45-48,50,52-55H2,1-2H3,(H,69,73)/b7-5-,13-11-,19-17-,22-21-,25-24-,28-27-,31-30-,34-33-,38-36-,43-41+,44-42-,51-49+. The molecule has 2 aliphatic heterocycles. The minimum absolute atomic E-state index is 0.208. The highest BCUT2D eigenvalue weighted by atomic mass is 16.7. The van der Waals surface area contributed by atoms with Crippen LogP contribution in [-0.2, 0) is 23.7 Å². The van der Waals surface area contributed by atoms with E-state index in [2.05, 4.69) is 153 Å². The van der Waals surface area contributed by atoms with E-state index in [0.717, 1.165) is 89.9 Å². The molecule has 9 N–H and O–H groups in total. The Balaban J connectivity index is 1.75. The third-order valence-electron chi connectivity index (χ3n) is 14.0. The zero-order chi connectivity index (χ0) is 59.5. The zero-order valence-electron chi connectivity index (χ0n) is 49.9. The summed E-state index contributed by atoms with van der Waals surface area (Å²) < 4.78 is 22.7. The zero-order valence-corrected chi connectivity index (χ0v) is 49.9. The molecular formula is C68H109NO13. The fourth-order valence-electron chi connectivity index (χ4n) is 9.04. The SMILES string of the molecule is CC/C=C\C/C=C\C/C=C\C/C=C\C/C=C\C/C=C\C/C=C\C/C=C\C/C=C\C/C=C\CCCCC(=O)NC(COC1OC(CO)C(OC2OC(CO)C(O)C(O)C2O)C(O)C1O)C(O)/C=C/CC/C=C/CCCCCCCCCCC. The molecule has 0 aromatic heterocycles. The van der Waals surface area contributed by atoms with E-state index in [0.29, 0.717) is 12.8 Å². The van der Waals surface area contributed by atoms with Crippen LogP contribution in [0, 0.1) is 0 Å². The van der Waals surface area contributed by atoms with Crippen LogP contribution in [0.5, 0.6) is 0 Å². The van der Waals surface area contributed by atoms with Crippen molar-refractivity contribution in [2.45, 2.75) is 254 Å². The van der Waals surface area contributed by atoms with Gasteiger partial charge in [0.15, 0.2) is 12.6 Å². The van der Waals surface area contributed by atoms with Crippen molar-refractivity contribution in [1.82, 2.24) is 5.32 Å². The number of ether oxygens (including phenoxy) is 4. The number of rotatable bonds is 47. The summed E-state index contributed by atoms with van der Waals surface area (Å²) in [4.78, 5) is 13.2. The molecule has 464 valence electrons. The fourth-order valence-corrected chi connectivity index (χ4v) is 9.04. The van der Waals surface area contributed by atoms with Crippen LogP contribution in [0.15, 0.2) is 146 Å². The molecule has 12 unspecified atom stereocenters. The van der Waals surface area contributed by atoms with Crippen LogP contribution in [-0.4, -0.2) is 140 Å². The second kappa shape index (κ2) is 51.3. The first-order valence-corrected chi connectivity index (χ1v) is 31.1. The van der Waals surface area contributed by atoms with Crippen molar-refractivity contribution in [3.63, 3.8) is 0 Å². The number of aliphatic hydroxyl groups is 8. The predicted molar refractivity (Wildman–Crippen MR) is 331 cm³/mol. The van der Waals surface area contributed by atoms with Crippen LogP contribution < -0.4 is 5.32 Å². The van der Waals surface area contributed by atoms with E-state index in [1.54, 1.807) is 6.08 Å². The molecule has 0 bridgehead atoms. The molecule has 0 spiro atoms. The fraction of sp³-hybridized carbons (Fsp3) is 0.632. The van der Waals surface area contributed by atoms with Gasteiger partial charge in [0, 0.05) is 6.42 Å². The Kier molecular flexibility index (Phi) is 46.3. The number of unbranched alkanes of at least 4 members (excludes halogenated alkanes) is 12. The molecule has 0 saturated carbocycles. The van der Waals surface area contributed by atoms with Gasteiger partial charge in [-0.3, -0.25) is 4.79 Å². The van der Waals surface area contributed by atoms with Crippen LogP contribution in [0.1, 0.15) is 181 Å². The third-order valence-corrected chi connectivity index (χ3v) is 14.0. The molecule has 12 atom stereocenters. The molecule has 1 amide bonds. The maximum absolute atomic E-state index is 13.2. The first-order chi connectivity index (χ1) is 40.1. The smallest absolute Gasteiger partial charge is 0.220 e. The summed E-state index contributed by atoms with van der Waals surface area (Å²) >= 11 is 0. The van der Waals surface area contributed by atoms with Gasteiger partial charge in [-0.15, -0.1) is 0 Å². The van der Waals surface area contributed by atoms with Crippen LogP contribution in [0.3, 0.4) is 0 Å². The highest BCUT2D eigenvalue weighted by Crippen LogP contribution is 2.30. The van der Waals surface area contributed by atoms with Gasteiger partial charge in [0.25, 0.3) is 0 Å². The Morgan fingerprint density at radius 2 is 0.854 bits per heavy atom. The number of aliphatic hydroxyl groups excluding tert-OH is 8. The number of hydrogen-bond donors (Lipinski definition) is 9. The Morgan fingerprint density at radius 1 is 0.451 bits per heavy atom. The van der Waals surface area contributed by atoms with Crippen molar-refractivity contribution >= 4 is 5.91 Å². The number of allylic oxidation sites excluding steroid dienone is 23. The third kappa shape index (κ3) is 35.9. The van der Waals surface area contributed by atoms with Gasteiger partial charge in [0.1, 0.15) is 48.8 Å². The average molecular weight is 1150 g/mol. The summed E-state index contributed by atoms with van der Waals surface area (Å²) in [5.74, 6) is -0.299. The lowest BCUT2D eigenvalue weighted by atomic mass is 9.97. The Labute approximate surface area is 493 Å². The molecule has 14 heteroatoms. The summed E-state index contributed by atoms with van der Waals surface area (Å²) in [6.45, 7) is 2.60. The van der Waals surface area contributed by atoms with Gasteiger partial charge in [-0.2, -0.15) is 0 Å². The van der Waals surface area contributed by atoms with Crippen molar-refractivity contribution in [3.05, 3.63) is 146 Å². The van der Waals surface area contributed by atoms with Gasteiger partial charge < -0.3 is 65.1 Å². The largest absolute Gasteiger partial charge is 0.394 e. The van der Waals surface area contributed by atoms with Crippen molar-refractivity contribution in [3.8, 4) is 0 Å². The van der Waals surface area contributed by atoms with E-state index in [-0.39, 0.29) is 18.9 Å². The summed E-state index contributed by atoms with van der Waals surface area (Å²) in [7, 11) is 0. The molecule has 0 aliphatic carbocycles. The second-order valence-corrected chi connectivity index (χ2v) is 21.1. The average Bonchev–Trinajstić information content (AvgIpc) is 3.60. The Morgan fingerprint density at radius 3 is 1.34 bits per heavy atom. The molecular weight excluding hydrogens is 1040 g/mol. The van der Waals surface area contributed by atoms with E-state index >= 15 is 0 Å². The van der Waals surface area contributed by atoms with Crippen LogP contribution in [0.25, 0.3) is 0 Å².